The SMILES string of the molecule is Cc1nc2c(c(-c3ccc(Cl)cc3Cl)c1CN)CN(c1cccc(C#N)c1)C2=O. The number of amides is 1. The molecule has 0 radical (unpaired) electrons. The van der Waals surface area contributed by atoms with Crippen molar-refractivity contribution >= 4 is 34.8 Å². The number of anilines is 1. The number of rotatable bonds is 3. The van der Waals surface area contributed by atoms with E-state index in [2.05, 4.69) is 11.1 Å². The minimum Gasteiger partial charge on any atom is -0.326 e. The molecule has 0 aliphatic carbocycles. The molecule has 4 rings (SSSR count). The van der Waals surface area contributed by atoms with Crippen molar-refractivity contribution in [3.05, 3.63) is 80.6 Å². The molecule has 2 N–H and O–H groups in total. The Labute approximate surface area is 178 Å². The highest BCUT2D eigenvalue weighted by molar-refractivity contribution is 6.36. The zero-order valence-corrected chi connectivity index (χ0v) is 17.1. The van der Waals surface area contributed by atoms with E-state index in [1.54, 1.807) is 41.3 Å². The van der Waals surface area contributed by atoms with Crippen molar-refractivity contribution in [1.29, 1.82) is 5.26 Å². The molecule has 0 fully saturated rings. The van der Waals surface area contributed by atoms with Crippen molar-refractivity contribution in [3.8, 4) is 17.2 Å². The van der Waals surface area contributed by atoms with Gasteiger partial charge in [-0.25, -0.2) is 4.98 Å². The van der Waals surface area contributed by atoms with Crippen molar-refractivity contribution < 1.29 is 4.79 Å². The Morgan fingerprint density at radius 3 is 2.72 bits per heavy atom. The molecule has 2 heterocycles. The molecule has 0 spiro atoms. The number of hydrogen-bond acceptors (Lipinski definition) is 4. The maximum absolute atomic E-state index is 13.2. The van der Waals surface area contributed by atoms with Gasteiger partial charge < -0.3 is 10.6 Å². The number of carbonyl (C=O) groups excluding carboxylic acids is 1. The van der Waals surface area contributed by atoms with Crippen LogP contribution >= 0.6 is 23.2 Å². The second kappa shape index (κ2) is 7.49. The molecule has 1 aliphatic heterocycles. The van der Waals surface area contributed by atoms with Gasteiger partial charge in [0.05, 0.1) is 18.2 Å². The first kappa shape index (κ1) is 19.4. The average molecular weight is 423 g/mol. The first-order valence-corrected chi connectivity index (χ1v) is 9.70. The fraction of sp³-hybridized carbons (Fsp3) is 0.136. The third-order valence-corrected chi connectivity index (χ3v) is 5.61. The van der Waals surface area contributed by atoms with Crippen LogP contribution in [0.3, 0.4) is 0 Å². The molecule has 0 atom stereocenters. The van der Waals surface area contributed by atoms with Crippen LogP contribution in [-0.4, -0.2) is 10.9 Å². The Kier molecular flexibility index (Phi) is 5.01. The molecule has 3 aromatic rings. The zero-order chi connectivity index (χ0) is 20.7. The molecule has 29 heavy (non-hydrogen) atoms. The van der Waals surface area contributed by atoms with E-state index in [1.807, 2.05) is 13.0 Å². The Morgan fingerprint density at radius 1 is 1.24 bits per heavy atom. The van der Waals surface area contributed by atoms with Gasteiger partial charge >= 0.3 is 0 Å². The smallest absolute Gasteiger partial charge is 0.277 e. The number of carbonyl (C=O) groups is 1. The van der Waals surface area contributed by atoms with Crippen molar-refractivity contribution in [2.45, 2.75) is 20.0 Å². The summed E-state index contributed by atoms with van der Waals surface area (Å²) in [5.74, 6) is -0.215. The molecule has 144 valence electrons. The first-order valence-electron chi connectivity index (χ1n) is 8.94. The van der Waals surface area contributed by atoms with Gasteiger partial charge in [-0.15, -0.1) is 0 Å². The standard InChI is InChI=1S/C22H16Cl2N4O/c1-12-17(10-26)20(16-6-5-14(23)8-19(16)24)18-11-28(22(29)21(18)27-12)15-4-2-3-13(7-15)9-25/h2-8H,10-11,26H2,1H3. The summed E-state index contributed by atoms with van der Waals surface area (Å²) in [6, 6.07) is 14.3. The Balaban J connectivity index is 1.92. The van der Waals surface area contributed by atoms with Crippen LogP contribution in [0.1, 0.15) is 32.9 Å². The van der Waals surface area contributed by atoms with E-state index in [0.717, 1.165) is 22.3 Å². The summed E-state index contributed by atoms with van der Waals surface area (Å²) in [4.78, 5) is 19.3. The van der Waals surface area contributed by atoms with Crippen LogP contribution in [0.15, 0.2) is 42.5 Å². The molecule has 2 aromatic carbocycles. The number of pyridine rings is 1. The molecule has 0 saturated carbocycles. The fourth-order valence-corrected chi connectivity index (χ4v) is 4.19. The maximum atomic E-state index is 13.2. The summed E-state index contributed by atoms with van der Waals surface area (Å²) in [5.41, 5.74) is 11.4. The lowest BCUT2D eigenvalue weighted by Crippen LogP contribution is -2.23. The lowest BCUT2D eigenvalue weighted by Gasteiger charge is -2.17. The number of fused-ring (bicyclic) bond motifs is 1. The van der Waals surface area contributed by atoms with E-state index in [0.29, 0.717) is 39.2 Å². The van der Waals surface area contributed by atoms with Gasteiger partial charge in [0.25, 0.3) is 5.91 Å². The minimum absolute atomic E-state index is 0.215. The van der Waals surface area contributed by atoms with Crippen molar-refractivity contribution in [2.75, 3.05) is 4.90 Å². The summed E-state index contributed by atoms with van der Waals surface area (Å²) in [7, 11) is 0. The molecule has 1 aliphatic rings. The summed E-state index contributed by atoms with van der Waals surface area (Å²) < 4.78 is 0. The van der Waals surface area contributed by atoms with E-state index in [-0.39, 0.29) is 12.5 Å². The molecular formula is C22H16Cl2N4O. The van der Waals surface area contributed by atoms with Crippen LogP contribution in [0.2, 0.25) is 10.0 Å². The molecule has 5 nitrogen and oxygen atoms in total. The third-order valence-electron chi connectivity index (χ3n) is 5.06. The van der Waals surface area contributed by atoms with Crippen molar-refractivity contribution in [3.63, 3.8) is 0 Å². The topological polar surface area (TPSA) is 83.0 Å². The van der Waals surface area contributed by atoms with Gasteiger partial charge in [0.15, 0.2) is 0 Å². The predicted octanol–water partition coefficient (Wildman–Crippen LogP) is 4.85. The average Bonchev–Trinajstić information content (AvgIpc) is 3.03. The highest BCUT2D eigenvalue weighted by Crippen LogP contribution is 2.40. The van der Waals surface area contributed by atoms with Gasteiger partial charge in [0.1, 0.15) is 5.69 Å². The number of aromatic nitrogens is 1. The monoisotopic (exact) mass is 422 g/mol. The lowest BCUT2D eigenvalue weighted by atomic mass is 9.93. The number of aryl methyl sites for hydroxylation is 1. The zero-order valence-electron chi connectivity index (χ0n) is 15.5. The largest absolute Gasteiger partial charge is 0.326 e. The van der Waals surface area contributed by atoms with Crippen LogP contribution in [0.25, 0.3) is 11.1 Å². The number of nitriles is 1. The molecule has 1 aromatic heterocycles. The fourth-order valence-electron chi connectivity index (χ4n) is 3.69. The highest BCUT2D eigenvalue weighted by atomic mass is 35.5. The summed E-state index contributed by atoms with van der Waals surface area (Å²) >= 11 is 12.6. The number of benzene rings is 2. The van der Waals surface area contributed by atoms with Crippen molar-refractivity contribution in [1.82, 2.24) is 4.98 Å². The predicted molar refractivity (Wildman–Crippen MR) is 114 cm³/mol. The van der Waals surface area contributed by atoms with Crippen LogP contribution in [0.5, 0.6) is 0 Å². The Morgan fingerprint density at radius 2 is 2.03 bits per heavy atom. The van der Waals surface area contributed by atoms with E-state index >= 15 is 0 Å². The van der Waals surface area contributed by atoms with Gasteiger partial charge in [0.2, 0.25) is 0 Å². The summed E-state index contributed by atoms with van der Waals surface area (Å²) in [6.45, 7) is 2.41. The quantitative estimate of drug-likeness (QED) is 0.653. The van der Waals surface area contributed by atoms with E-state index < -0.39 is 0 Å². The second-order valence-corrected chi connectivity index (χ2v) is 7.60. The normalized spacial score (nSPS) is 12.8. The van der Waals surface area contributed by atoms with Crippen molar-refractivity contribution in [2.24, 2.45) is 5.73 Å². The minimum atomic E-state index is -0.215. The molecular weight excluding hydrogens is 407 g/mol. The maximum Gasteiger partial charge on any atom is 0.277 e. The number of hydrogen-bond donors (Lipinski definition) is 1. The van der Waals surface area contributed by atoms with Gasteiger partial charge in [0, 0.05) is 39.1 Å². The Bertz CT molecular complexity index is 1200. The third kappa shape index (κ3) is 3.26. The lowest BCUT2D eigenvalue weighted by molar-refractivity contribution is 0.0992. The molecule has 7 heteroatoms. The van der Waals surface area contributed by atoms with Crippen LogP contribution in [-0.2, 0) is 13.1 Å². The number of nitrogens with zero attached hydrogens (tertiary/aromatic N) is 3. The molecule has 0 bridgehead atoms. The molecule has 0 saturated heterocycles. The van der Waals surface area contributed by atoms with E-state index in [9.17, 15) is 10.1 Å². The first-order chi connectivity index (χ1) is 13.9. The van der Waals surface area contributed by atoms with Gasteiger partial charge in [-0.2, -0.15) is 5.26 Å². The highest BCUT2D eigenvalue weighted by Gasteiger charge is 2.34. The van der Waals surface area contributed by atoms with Crippen LogP contribution in [0.4, 0.5) is 5.69 Å². The van der Waals surface area contributed by atoms with E-state index in [1.165, 1.54) is 0 Å². The van der Waals surface area contributed by atoms with Crippen LogP contribution in [0, 0.1) is 18.3 Å². The second-order valence-electron chi connectivity index (χ2n) is 6.76. The summed E-state index contributed by atoms with van der Waals surface area (Å²) in [6.07, 6.45) is 0. The number of nitrogens with two attached hydrogens (primary N) is 1. The van der Waals surface area contributed by atoms with Gasteiger partial charge in [-0.1, -0.05) is 35.3 Å². The van der Waals surface area contributed by atoms with Gasteiger partial charge in [-0.05, 0) is 48.4 Å². The number of halogens is 2. The summed E-state index contributed by atoms with van der Waals surface area (Å²) in [5, 5.41) is 10.2. The molecule has 1 amide bonds. The Hall–Kier alpha value is -2.91. The van der Waals surface area contributed by atoms with Crippen LogP contribution < -0.4 is 10.6 Å². The van der Waals surface area contributed by atoms with Gasteiger partial charge in [-0.3, -0.25) is 4.79 Å². The van der Waals surface area contributed by atoms with E-state index in [4.69, 9.17) is 28.9 Å². The molecule has 0 unspecified atom stereocenters.